The maximum Gasteiger partial charge on any atom is 0.0681 e. The molecule has 0 radical (unpaired) electrons. The Morgan fingerprint density at radius 1 is 0.466 bits per heavy atom. The number of aryl methyl sites for hydroxylation is 1. The van der Waals surface area contributed by atoms with Crippen molar-refractivity contribution in [1.29, 1.82) is 0 Å². The van der Waals surface area contributed by atoms with Gasteiger partial charge in [-0.2, -0.15) is 0 Å². The molecule has 2 heteroatoms. The normalized spacial score (nSPS) is 11.2. The van der Waals surface area contributed by atoms with Gasteiger partial charge in [-0.05, 0) is 92.2 Å². The monoisotopic (exact) mass is 747 g/mol. The minimum Gasteiger partial charge on any atom is -0.392 e. The van der Waals surface area contributed by atoms with Crippen LogP contribution in [0.1, 0.15) is 44.5 Å². The van der Waals surface area contributed by atoms with Crippen LogP contribution in [0.2, 0.25) is 0 Å². The quantitative estimate of drug-likeness (QED) is 0.126. The van der Waals surface area contributed by atoms with Crippen LogP contribution in [0.4, 0.5) is 17.1 Å². The lowest BCUT2D eigenvalue weighted by Gasteiger charge is -2.29. The smallest absolute Gasteiger partial charge is 0.0681 e. The van der Waals surface area contributed by atoms with E-state index in [1.54, 1.807) is 0 Å². The highest BCUT2D eigenvalue weighted by Crippen LogP contribution is 2.42. The van der Waals surface area contributed by atoms with Crippen molar-refractivity contribution in [3.63, 3.8) is 0 Å². The molecule has 0 bridgehead atoms. The SMILES string of the molecule is Cc1cc(CO)ccc1N(c1ccc(C=CC=C(c2ccccc2)c2ccccc2)cc1)c1ccc(C=CC=C(c2ccccc2)c2ccccc2)c2ccccc12. The van der Waals surface area contributed by atoms with Crippen molar-refractivity contribution in [3.8, 4) is 0 Å². The molecule has 0 aliphatic heterocycles. The number of aliphatic hydroxyl groups excluding tert-OH is 1. The number of benzene rings is 8. The first kappa shape index (κ1) is 37.7. The predicted molar refractivity (Wildman–Crippen MR) is 247 cm³/mol. The molecule has 0 amide bonds. The molecule has 2 nitrogen and oxygen atoms in total. The van der Waals surface area contributed by atoms with Crippen molar-refractivity contribution in [2.24, 2.45) is 0 Å². The summed E-state index contributed by atoms with van der Waals surface area (Å²) in [6, 6.07) is 70.2. The summed E-state index contributed by atoms with van der Waals surface area (Å²) in [6.45, 7) is 2.12. The Morgan fingerprint density at radius 3 is 1.43 bits per heavy atom. The summed E-state index contributed by atoms with van der Waals surface area (Å²) in [5, 5.41) is 12.3. The molecular formula is C56H45NO. The average Bonchev–Trinajstić information content (AvgIpc) is 3.29. The fourth-order valence-electron chi connectivity index (χ4n) is 7.55. The van der Waals surface area contributed by atoms with Crippen molar-refractivity contribution in [1.82, 2.24) is 0 Å². The van der Waals surface area contributed by atoms with Gasteiger partial charge < -0.3 is 10.0 Å². The molecule has 0 aromatic heterocycles. The highest BCUT2D eigenvalue weighted by molar-refractivity contribution is 6.03. The summed E-state index contributed by atoms with van der Waals surface area (Å²) in [5.74, 6) is 0. The van der Waals surface area contributed by atoms with Gasteiger partial charge in [0, 0.05) is 16.8 Å². The van der Waals surface area contributed by atoms with Crippen molar-refractivity contribution >= 4 is 51.1 Å². The molecular weight excluding hydrogens is 703 g/mol. The van der Waals surface area contributed by atoms with E-state index in [4.69, 9.17) is 0 Å². The van der Waals surface area contributed by atoms with Gasteiger partial charge in [0.25, 0.3) is 0 Å². The standard InChI is InChI=1S/C56H45NO/c1-42-40-44(41-58)34-38-55(42)57(50-36-32-43(33-37-50)18-16-30-51(45-19-6-2-7-20-45)46-21-8-3-9-22-46)56-39-35-49(53-28-14-15-29-54(53)56)27-17-31-52(47-23-10-4-11-24-47)48-25-12-5-13-26-48/h2-40,58H,41H2,1H3. The lowest BCUT2D eigenvalue weighted by atomic mass is 9.97. The van der Waals surface area contributed by atoms with Crippen molar-refractivity contribution in [2.75, 3.05) is 4.90 Å². The van der Waals surface area contributed by atoms with Crippen LogP contribution in [0.25, 0.3) is 34.1 Å². The number of rotatable bonds is 12. The van der Waals surface area contributed by atoms with Crippen LogP contribution in [-0.4, -0.2) is 5.11 Å². The Hall–Kier alpha value is -7.26. The van der Waals surface area contributed by atoms with E-state index < -0.39 is 0 Å². The van der Waals surface area contributed by atoms with Gasteiger partial charge in [-0.3, -0.25) is 0 Å². The van der Waals surface area contributed by atoms with Gasteiger partial charge in [-0.1, -0.05) is 212 Å². The maximum atomic E-state index is 9.96. The third-order valence-electron chi connectivity index (χ3n) is 10.4. The first-order valence-electron chi connectivity index (χ1n) is 19.8. The summed E-state index contributed by atoms with van der Waals surface area (Å²) >= 11 is 0. The Bertz CT molecular complexity index is 2640. The van der Waals surface area contributed by atoms with E-state index in [1.807, 2.05) is 6.07 Å². The van der Waals surface area contributed by atoms with Gasteiger partial charge in [0.15, 0.2) is 0 Å². The summed E-state index contributed by atoms with van der Waals surface area (Å²) in [7, 11) is 0. The highest BCUT2D eigenvalue weighted by atomic mass is 16.3. The summed E-state index contributed by atoms with van der Waals surface area (Å²) in [5.41, 5.74) is 14.5. The van der Waals surface area contributed by atoms with E-state index in [0.717, 1.165) is 44.7 Å². The van der Waals surface area contributed by atoms with Crippen LogP contribution in [0.15, 0.2) is 224 Å². The lowest BCUT2D eigenvalue weighted by molar-refractivity contribution is 0.282. The van der Waals surface area contributed by atoms with Crippen LogP contribution in [0.3, 0.4) is 0 Å². The number of anilines is 3. The van der Waals surface area contributed by atoms with Gasteiger partial charge in [0.2, 0.25) is 0 Å². The van der Waals surface area contributed by atoms with Crippen LogP contribution in [-0.2, 0) is 6.61 Å². The molecule has 0 unspecified atom stereocenters. The number of allylic oxidation sites excluding steroid dienone is 4. The van der Waals surface area contributed by atoms with Crippen LogP contribution in [0, 0.1) is 6.92 Å². The van der Waals surface area contributed by atoms with E-state index in [9.17, 15) is 5.11 Å². The predicted octanol–water partition coefficient (Wildman–Crippen LogP) is 14.4. The molecule has 8 aromatic carbocycles. The Balaban J connectivity index is 1.16. The van der Waals surface area contributed by atoms with Crippen molar-refractivity contribution < 1.29 is 5.11 Å². The average molecular weight is 748 g/mol. The third kappa shape index (κ3) is 8.59. The zero-order valence-electron chi connectivity index (χ0n) is 32.6. The largest absolute Gasteiger partial charge is 0.392 e. The molecule has 8 aromatic rings. The van der Waals surface area contributed by atoms with Crippen molar-refractivity contribution in [2.45, 2.75) is 13.5 Å². The number of aliphatic hydroxyl groups is 1. The maximum absolute atomic E-state index is 9.96. The first-order valence-corrected chi connectivity index (χ1v) is 19.8. The second-order valence-electron chi connectivity index (χ2n) is 14.3. The summed E-state index contributed by atoms with van der Waals surface area (Å²) < 4.78 is 0. The van der Waals surface area contributed by atoms with Crippen molar-refractivity contribution in [3.05, 3.63) is 269 Å². The molecule has 0 fully saturated rings. The van der Waals surface area contributed by atoms with E-state index >= 15 is 0 Å². The van der Waals surface area contributed by atoms with E-state index in [2.05, 4.69) is 242 Å². The Labute approximate surface area is 342 Å². The third-order valence-corrected chi connectivity index (χ3v) is 10.4. The Morgan fingerprint density at radius 2 is 0.931 bits per heavy atom. The lowest BCUT2D eigenvalue weighted by Crippen LogP contribution is -2.12. The number of hydrogen-bond donors (Lipinski definition) is 1. The fourth-order valence-corrected chi connectivity index (χ4v) is 7.55. The second kappa shape index (κ2) is 18.1. The fraction of sp³-hybridized carbons (Fsp3) is 0.0357. The molecule has 0 atom stereocenters. The number of fused-ring (bicyclic) bond motifs is 1. The zero-order valence-corrected chi connectivity index (χ0v) is 32.6. The van der Waals surface area contributed by atoms with Crippen LogP contribution in [0.5, 0.6) is 0 Å². The minimum absolute atomic E-state index is 0.00151. The molecule has 280 valence electrons. The first-order chi connectivity index (χ1) is 28.7. The molecule has 0 heterocycles. The highest BCUT2D eigenvalue weighted by Gasteiger charge is 2.18. The summed E-state index contributed by atoms with van der Waals surface area (Å²) in [4.78, 5) is 2.34. The zero-order chi connectivity index (χ0) is 39.5. The van der Waals surface area contributed by atoms with E-state index in [1.165, 1.54) is 38.8 Å². The molecule has 8 rings (SSSR count). The molecule has 0 aliphatic carbocycles. The Kier molecular flexibility index (Phi) is 11.8. The van der Waals surface area contributed by atoms with E-state index in [-0.39, 0.29) is 6.61 Å². The molecule has 0 spiro atoms. The van der Waals surface area contributed by atoms with Gasteiger partial charge in [0.05, 0.1) is 12.3 Å². The van der Waals surface area contributed by atoms with Gasteiger partial charge >= 0.3 is 0 Å². The van der Waals surface area contributed by atoms with E-state index in [0.29, 0.717) is 0 Å². The molecule has 0 saturated heterocycles. The number of nitrogens with zero attached hydrogens (tertiary/aromatic N) is 1. The van der Waals surface area contributed by atoms with Gasteiger partial charge in [0.1, 0.15) is 0 Å². The van der Waals surface area contributed by atoms with Gasteiger partial charge in [-0.25, -0.2) is 0 Å². The molecule has 1 N–H and O–H groups in total. The van der Waals surface area contributed by atoms with Crippen LogP contribution >= 0.6 is 0 Å². The topological polar surface area (TPSA) is 23.5 Å². The second-order valence-corrected chi connectivity index (χ2v) is 14.3. The van der Waals surface area contributed by atoms with Crippen LogP contribution < -0.4 is 4.90 Å². The number of hydrogen-bond acceptors (Lipinski definition) is 2. The molecule has 58 heavy (non-hydrogen) atoms. The minimum atomic E-state index is 0.00151. The molecule has 0 aliphatic rings. The molecule has 0 saturated carbocycles. The summed E-state index contributed by atoms with van der Waals surface area (Å²) in [6.07, 6.45) is 13.1. The van der Waals surface area contributed by atoms with Gasteiger partial charge in [-0.15, -0.1) is 0 Å².